The number of benzene rings is 1. The summed E-state index contributed by atoms with van der Waals surface area (Å²) >= 11 is 6.26. The molecule has 2 unspecified atom stereocenters. The van der Waals surface area contributed by atoms with Crippen molar-refractivity contribution in [2.75, 3.05) is 20.3 Å². The lowest BCUT2D eigenvalue weighted by Gasteiger charge is -2.30. The van der Waals surface area contributed by atoms with Gasteiger partial charge >= 0.3 is 0 Å². The van der Waals surface area contributed by atoms with E-state index in [1.54, 1.807) is 7.11 Å². The topological polar surface area (TPSA) is 30.5 Å². The molecule has 3 nitrogen and oxygen atoms in total. The molecular formula is C17H26ClNO2. The van der Waals surface area contributed by atoms with E-state index < -0.39 is 0 Å². The van der Waals surface area contributed by atoms with Crippen LogP contribution in [0.1, 0.15) is 31.9 Å². The fourth-order valence-corrected chi connectivity index (χ4v) is 3.47. The molecule has 0 radical (unpaired) electrons. The van der Waals surface area contributed by atoms with Gasteiger partial charge in [0, 0.05) is 24.6 Å². The lowest BCUT2D eigenvalue weighted by atomic mass is 9.92. The number of halogens is 1. The van der Waals surface area contributed by atoms with Crippen LogP contribution in [0.2, 0.25) is 5.02 Å². The molecule has 2 atom stereocenters. The Morgan fingerprint density at radius 3 is 2.76 bits per heavy atom. The number of methoxy groups -OCH3 is 1. The molecule has 0 spiro atoms. The third-order valence-electron chi connectivity index (χ3n) is 4.06. The number of fused-ring (bicyclic) bond motifs is 1. The molecule has 0 aliphatic carbocycles. The minimum absolute atomic E-state index is 0.168. The molecule has 2 rings (SSSR count). The van der Waals surface area contributed by atoms with Crippen molar-refractivity contribution in [2.24, 2.45) is 5.92 Å². The van der Waals surface area contributed by atoms with Gasteiger partial charge in [0.25, 0.3) is 0 Å². The maximum absolute atomic E-state index is 6.26. The molecule has 0 amide bonds. The second-order valence-corrected chi connectivity index (χ2v) is 6.40. The van der Waals surface area contributed by atoms with Gasteiger partial charge in [-0.15, -0.1) is 0 Å². The molecule has 1 aliphatic rings. The van der Waals surface area contributed by atoms with Crippen molar-refractivity contribution in [3.8, 4) is 5.75 Å². The smallest absolute Gasteiger partial charge is 0.125 e. The monoisotopic (exact) mass is 311 g/mol. The fourth-order valence-electron chi connectivity index (χ4n) is 3.20. The van der Waals surface area contributed by atoms with Crippen molar-refractivity contribution in [1.29, 1.82) is 0 Å². The van der Waals surface area contributed by atoms with E-state index in [1.807, 2.05) is 12.1 Å². The van der Waals surface area contributed by atoms with Gasteiger partial charge in [0.1, 0.15) is 5.75 Å². The molecule has 21 heavy (non-hydrogen) atoms. The first-order valence-electron chi connectivity index (χ1n) is 7.77. The Morgan fingerprint density at radius 2 is 2.14 bits per heavy atom. The van der Waals surface area contributed by atoms with E-state index in [1.165, 1.54) is 11.1 Å². The predicted molar refractivity (Wildman–Crippen MR) is 87.5 cm³/mol. The molecule has 0 saturated carbocycles. The molecule has 0 bridgehead atoms. The quantitative estimate of drug-likeness (QED) is 0.836. The Kier molecular flexibility index (Phi) is 5.91. The molecule has 1 aromatic rings. The van der Waals surface area contributed by atoms with E-state index in [9.17, 15) is 0 Å². The summed E-state index contributed by atoms with van der Waals surface area (Å²) in [6.45, 7) is 8.18. The third kappa shape index (κ3) is 3.91. The lowest BCUT2D eigenvalue weighted by Crippen LogP contribution is -2.45. The Labute approximate surface area is 133 Å². The Bertz CT molecular complexity index is 476. The van der Waals surface area contributed by atoms with Crippen LogP contribution < -0.4 is 10.1 Å². The van der Waals surface area contributed by atoms with E-state index >= 15 is 0 Å². The van der Waals surface area contributed by atoms with Gasteiger partial charge in [-0.2, -0.15) is 0 Å². The number of likely N-dealkylation sites (N-methyl/N-ethyl adjacent to an activating group) is 1. The van der Waals surface area contributed by atoms with Gasteiger partial charge in [-0.1, -0.05) is 32.4 Å². The second kappa shape index (κ2) is 7.48. The molecule has 1 N–H and O–H groups in total. The summed E-state index contributed by atoms with van der Waals surface area (Å²) in [5.41, 5.74) is 2.41. The van der Waals surface area contributed by atoms with Crippen LogP contribution >= 0.6 is 11.6 Å². The van der Waals surface area contributed by atoms with Crippen LogP contribution in [0.15, 0.2) is 12.1 Å². The van der Waals surface area contributed by atoms with Crippen molar-refractivity contribution in [1.82, 2.24) is 5.32 Å². The summed E-state index contributed by atoms with van der Waals surface area (Å²) in [5, 5.41) is 4.34. The number of ether oxygens (including phenoxy) is 2. The zero-order valence-electron chi connectivity index (χ0n) is 13.4. The zero-order valence-corrected chi connectivity index (χ0v) is 14.2. The zero-order chi connectivity index (χ0) is 15.4. The van der Waals surface area contributed by atoms with Crippen LogP contribution in [-0.4, -0.2) is 32.4 Å². The highest BCUT2D eigenvalue weighted by molar-refractivity contribution is 6.30. The van der Waals surface area contributed by atoms with Gasteiger partial charge in [-0.3, -0.25) is 0 Å². The highest BCUT2D eigenvalue weighted by atomic mass is 35.5. The Balaban J connectivity index is 2.25. The van der Waals surface area contributed by atoms with E-state index in [0.29, 0.717) is 5.92 Å². The van der Waals surface area contributed by atoms with Gasteiger partial charge in [0.2, 0.25) is 0 Å². The first-order chi connectivity index (χ1) is 10.1. The number of hydrogen-bond donors (Lipinski definition) is 1. The Hall–Kier alpha value is -0.770. The molecule has 1 heterocycles. The number of rotatable bonds is 7. The summed E-state index contributed by atoms with van der Waals surface area (Å²) < 4.78 is 11.5. The minimum Gasteiger partial charge on any atom is -0.493 e. The molecule has 1 aliphatic heterocycles. The van der Waals surface area contributed by atoms with Gasteiger partial charge in [0.05, 0.1) is 12.7 Å². The van der Waals surface area contributed by atoms with Crippen molar-refractivity contribution in [3.63, 3.8) is 0 Å². The summed E-state index contributed by atoms with van der Waals surface area (Å²) in [5.74, 6) is 1.48. The predicted octanol–water partition coefficient (Wildman–Crippen LogP) is 3.47. The van der Waals surface area contributed by atoms with Gasteiger partial charge in [-0.05, 0) is 42.1 Å². The van der Waals surface area contributed by atoms with Crippen LogP contribution in [0, 0.1) is 5.92 Å². The van der Waals surface area contributed by atoms with Crippen LogP contribution in [0.5, 0.6) is 5.75 Å². The minimum atomic E-state index is 0.168. The standard InChI is InChI=1S/C17H26ClNO2/c1-5-19-15(16(20-4)11(2)3)10-13-9-14(18)8-12-6-7-21-17(12)13/h8-9,11,15-16,19H,5-7,10H2,1-4H3. The third-order valence-corrected chi connectivity index (χ3v) is 4.28. The molecule has 0 saturated heterocycles. The number of hydrogen-bond acceptors (Lipinski definition) is 3. The SMILES string of the molecule is CCNC(Cc1cc(Cl)cc2c1OCC2)C(OC)C(C)C. The number of nitrogens with one attached hydrogen (secondary N) is 1. The molecule has 4 heteroatoms. The van der Waals surface area contributed by atoms with Gasteiger partial charge in [-0.25, -0.2) is 0 Å². The van der Waals surface area contributed by atoms with Crippen molar-refractivity contribution >= 4 is 11.6 Å². The van der Waals surface area contributed by atoms with Gasteiger partial charge < -0.3 is 14.8 Å². The van der Waals surface area contributed by atoms with E-state index in [4.69, 9.17) is 21.1 Å². The first kappa shape index (κ1) is 16.6. The van der Waals surface area contributed by atoms with E-state index in [-0.39, 0.29) is 12.1 Å². The van der Waals surface area contributed by atoms with Crippen LogP contribution in [0.4, 0.5) is 0 Å². The second-order valence-electron chi connectivity index (χ2n) is 5.96. The molecule has 1 aromatic carbocycles. The normalized spacial score (nSPS) is 16.7. The highest BCUT2D eigenvalue weighted by Gasteiger charge is 2.27. The molecule has 0 fully saturated rings. The first-order valence-corrected chi connectivity index (χ1v) is 8.14. The van der Waals surface area contributed by atoms with Crippen LogP contribution in [0.3, 0.4) is 0 Å². The maximum Gasteiger partial charge on any atom is 0.125 e. The summed E-state index contributed by atoms with van der Waals surface area (Å²) in [4.78, 5) is 0. The fraction of sp³-hybridized carbons (Fsp3) is 0.647. The van der Waals surface area contributed by atoms with Crippen LogP contribution in [0.25, 0.3) is 0 Å². The molecular weight excluding hydrogens is 286 g/mol. The lowest BCUT2D eigenvalue weighted by molar-refractivity contribution is 0.0335. The summed E-state index contributed by atoms with van der Waals surface area (Å²) in [7, 11) is 1.79. The van der Waals surface area contributed by atoms with Crippen LogP contribution in [-0.2, 0) is 17.6 Å². The molecule has 0 aromatic heterocycles. The van der Waals surface area contributed by atoms with Crippen molar-refractivity contribution in [2.45, 2.75) is 45.8 Å². The summed E-state index contributed by atoms with van der Waals surface area (Å²) in [6, 6.07) is 4.31. The largest absolute Gasteiger partial charge is 0.493 e. The highest BCUT2D eigenvalue weighted by Crippen LogP contribution is 2.34. The van der Waals surface area contributed by atoms with E-state index in [2.05, 4.69) is 26.1 Å². The summed E-state index contributed by atoms with van der Waals surface area (Å²) in [6.07, 6.45) is 1.99. The Morgan fingerprint density at radius 1 is 1.38 bits per heavy atom. The van der Waals surface area contributed by atoms with Crippen molar-refractivity contribution in [3.05, 3.63) is 28.3 Å². The maximum atomic E-state index is 6.26. The van der Waals surface area contributed by atoms with E-state index in [0.717, 1.165) is 36.8 Å². The average Bonchev–Trinajstić information content (AvgIpc) is 2.87. The average molecular weight is 312 g/mol. The van der Waals surface area contributed by atoms with Crippen molar-refractivity contribution < 1.29 is 9.47 Å². The molecule has 118 valence electrons. The van der Waals surface area contributed by atoms with Gasteiger partial charge in [0.15, 0.2) is 0 Å².